The fourth-order valence-electron chi connectivity index (χ4n) is 3.11. The molecule has 0 bridgehead atoms. The van der Waals surface area contributed by atoms with Crippen LogP contribution in [0.25, 0.3) is 17.0 Å². The Kier molecular flexibility index (Phi) is 5.64. The molecule has 1 aromatic heterocycles. The van der Waals surface area contributed by atoms with E-state index in [-0.39, 0.29) is 16.9 Å². The number of anilines is 1. The third kappa shape index (κ3) is 3.83. The molecular formula is C23H23NO4. The van der Waals surface area contributed by atoms with Crippen LogP contribution in [-0.2, 0) is 0 Å². The smallest absolute Gasteiger partial charge is 0.351 e. The summed E-state index contributed by atoms with van der Waals surface area (Å²) in [6.45, 7) is 7.65. The van der Waals surface area contributed by atoms with Crippen LogP contribution in [0.5, 0.6) is 5.75 Å². The second-order valence-corrected chi connectivity index (χ2v) is 6.57. The number of hydrogen-bond acceptors (Lipinski definition) is 5. The number of benzene rings is 2. The van der Waals surface area contributed by atoms with Crippen molar-refractivity contribution in [2.24, 2.45) is 0 Å². The minimum atomic E-state index is -0.847. The monoisotopic (exact) mass is 377 g/mol. The largest absolute Gasteiger partial charge is 0.506 e. The van der Waals surface area contributed by atoms with Crippen molar-refractivity contribution in [3.63, 3.8) is 0 Å². The fraction of sp³-hybridized carbons (Fsp3) is 0.217. The first-order valence-corrected chi connectivity index (χ1v) is 9.28. The fourth-order valence-corrected chi connectivity index (χ4v) is 3.11. The third-order valence-electron chi connectivity index (χ3n) is 4.74. The van der Waals surface area contributed by atoms with Gasteiger partial charge in [-0.1, -0.05) is 35.9 Å². The van der Waals surface area contributed by atoms with Crippen LogP contribution in [0, 0.1) is 6.92 Å². The number of carbonyl (C=O) groups is 1. The van der Waals surface area contributed by atoms with Crippen molar-refractivity contribution in [3.8, 4) is 5.75 Å². The summed E-state index contributed by atoms with van der Waals surface area (Å²) in [6.07, 6.45) is 2.88. The summed E-state index contributed by atoms with van der Waals surface area (Å²) in [5, 5.41) is 10.9. The van der Waals surface area contributed by atoms with Crippen LogP contribution >= 0.6 is 0 Å². The molecule has 0 fully saturated rings. The molecule has 3 rings (SSSR count). The molecule has 0 saturated heterocycles. The Labute approximate surface area is 163 Å². The van der Waals surface area contributed by atoms with Gasteiger partial charge in [0.05, 0.1) is 5.39 Å². The number of aryl methyl sites for hydroxylation is 1. The van der Waals surface area contributed by atoms with Crippen LogP contribution in [0.4, 0.5) is 5.69 Å². The molecule has 0 amide bonds. The Balaban J connectivity index is 1.99. The Hall–Kier alpha value is -3.34. The van der Waals surface area contributed by atoms with E-state index in [1.165, 1.54) is 6.08 Å². The lowest BCUT2D eigenvalue weighted by Gasteiger charge is -2.21. The lowest BCUT2D eigenvalue weighted by molar-refractivity contribution is 0.104. The maximum absolute atomic E-state index is 12.5. The van der Waals surface area contributed by atoms with Gasteiger partial charge in [0.15, 0.2) is 5.78 Å². The molecular weight excluding hydrogens is 354 g/mol. The van der Waals surface area contributed by atoms with Crippen molar-refractivity contribution < 1.29 is 14.3 Å². The van der Waals surface area contributed by atoms with Gasteiger partial charge >= 0.3 is 5.63 Å². The Morgan fingerprint density at radius 1 is 1.11 bits per heavy atom. The van der Waals surface area contributed by atoms with Gasteiger partial charge in [0, 0.05) is 24.8 Å². The zero-order chi connectivity index (χ0) is 20.3. The van der Waals surface area contributed by atoms with E-state index in [1.807, 2.05) is 51.1 Å². The molecule has 0 unspecified atom stereocenters. The maximum Gasteiger partial charge on any atom is 0.351 e. The highest BCUT2D eigenvalue weighted by Crippen LogP contribution is 2.30. The summed E-state index contributed by atoms with van der Waals surface area (Å²) in [4.78, 5) is 27.0. The molecule has 5 nitrogen and oxygen atoms in total. The average molecular weight is 377 g/mol. The number of ketones is 1. The van der Waals surface area contributed by atoms with Gasteiger partial charge in [-0.15, -0.1) is 0 Å². The van der Waals surface area contributed by atoms with Gasteiger partial charge in [-0.05, 0) is 44.5 Å². The molecule has 3 aromatic rings. The average Bonchev–Trinajstić information content (AvgIpc) is 2.68. The number of nitrogens with zero attached hydrogens (tertiary/aromatic N) is 1. The second-order valence-electron chi connectivity index (χ2n) is 6.57. The van der Waals surface area contributed by atoms with Crippen molar-refractivity contribution in [2.75, 3.05) is 18.0 Å². The minimum absolute atomic E-state index is 0.256. The highest BCUT2D eigenvalue weighted by atomic mass is 16.4. The van der Waals surface area contributed by atoms with E-state index in [4.69, 9.17) is 4.42 Å². The molecule has 0 spiro atoms. The standard InChI is InChI=1S/C23H23NO4/c1-4-24(5-2)17-11-12-18-20(14-17)28-23(27)21(22(18)26)19(25)13-10-16-8-6-15(3)7-9-16/h6-14,26H,4-5H2,1-3H3/b13-10+. The van der Waals surface area contributed by atoms with Crippen LogP contribution in [0.1, 0.15) is 35.3 Å². The van der Waals surface area contributed by atoms with Crippen LogP contribution in [0.3, 0.4) is 0 Å². The number of fused-ring (bicyclic) bond motifs is 1. The van der Waals surface area contributed by atoms with Gasteiger partial charge < -0.3 is 14.4 Å². The van der Waals surface area contributed by atoms with Crippen LogP contribution in [-0.4, -0.2) is 24.0 Å². The zero-order valence-corrected chi connectivity index (χ0v) is 16.2. The van der Waals surface area contributed by atoms with Crippen LogP contribution < -0.4 is 10.5 Å². The van der Waals surface area contributed by atoms with Crippen molar-refractivity contribution >= 4 is 28.5 Å². The molecule has 5 heteroatoms. The minimum Gasteiger partial charge on any atom is -0.506 e. The van der Waals surface area contributed by atoms with E-state index in [1.54, 1.807) is 18.2 Å². The number of hydrogen-bond donors (Lipinski definition) is 1. The molecule has 28 heavy (non-hydrogen) atoms. The van der Waals surface area contributed by atoms with Gasteiger partial charge in [-0.3, -0.25) is 4.79 Å². The summed E-state index contributed by atoms with van der Waals surface area (Å²) in [6, 6.07) is 12.8. The van der Waals surface area contributed by atoms with Crippen molar-refractivity contribution in [1.82, 2.24) is 0 Å². The molecule has 0 saturated carbocycles. The predicted octanol–water partition coefficient (Wildman–Crippen LogP) is 4.55. The van der Waals surface area contributed by atoms with Crippen molar-refractivity contribution in [1.29, 1.82) is 0 Å². The summed E-state index contributed by atoms with van der Waals surface area (Å²) in [7, 11) is 0. The van der Waals surface area contributed by atoms with E-state index in [0.29, 0.717) is 5.39 Å². The van der Waals surface area contributed by atoms with E-state index < -0.39 is 11.4 Å². The van der Waals surface area contributed by atoms with E-state index in [2.05, 4.69) is 4.90 Å². The first-order chi connectivity index (χ1) is 13.4. The lowest BCUT2D eigenvalue weighted by atomic mass is 10.1. The zero-order valence-electron chi connectivity index (χ0n) is 16.2. The number of carbonyl (C=O) groups excluding carboxylic acids is 1. The van der Waals surface area contributed by atoms with Crippen molar-refractivity contribution in [3.05, 3.63) is 75.7 Å². The lowest BCUT2D eigenvalue weighted by Crippen LogP contribution is -2.21. The Morgan fingerprint density at radius 3 is 2.43 bits per heavy atom. The second kappa shape index (κ2) is 8.13. The van der Waals surface area contributed by atoms with E-state index >= 15 is 0 Å². The number of allylic oxidation sites excluding steroid dienone is 1. The summed E-state index contributed by atoms with van der Waals surface area (Å²) in [5.74, 6) is -0.947. The summed E-state index contributed by atoms with van der Waals surface area (Å²) < 4.78 is 5.35. The van der Waals surface area contributed by atoms with Gasteiger partial charge in [0.1, 0.15) is 16.9 Å². The summed E-state index contributed by atoms with van der Waals surface area (Å²) >= 11 is 0. The topological polar surface area (TPSA) is 70.8 Å². The van der Waals surface area contributed by atoms with E-state index in [9.17, 15) is 14.7 Å². The number of rotatable bonds is 6. The Morgan fingerprint density at radius 2 is 1.79 bits per heavy atom. The molecule has 0 aliphatic carbocycles. The van der Waals surface area contributed by atoms with Crippen LogP contribution in [0.15, 0.2) is 57.8 Å². The van der Waals surface area contributed by atoms with E-state index in [0.717, 1.165) is 29.9 Å². The molecule has 0 atom stereocenters. The normalized spacial score (nSPS) is 11.2. The van der Waals surface area contributed by atoms with Gasteiger partial charge in [-0.25, -0.2) is 4.79 Å². The Bertz CT molecular complexity index is 1090. The number of aromatic hydroxyl groups is 1. The first-order valence-electron chi connectivity index (χ1n) is 9.28. The molecule has 1 heterocycles. The maximum atomic E-state index is 12.5. The van der Waals surface area contributed by atoms with Crippen LogP contribution in [0.2, 0.25) is 0 Å². The highest BCUT2D eigenvalue weighted by molar-refractivity contribution is 6.10. The van der Waals surface area contributed by atoms with Gasteiger partial charge in [0.2, 0.25) is 0 Å². The first kappa shape index (κ1) is 19.4. The SMILES string of the molecule is CCN(CC)c1ccc2c(O)c(C(=O)/C=C/c3ccc(C)cc3)c(=O)oc2c1. The molecule has 0 radical (unpaired) electrons. The quantitative estimate of drug-likeness (QED) is 0.388. The summed E-state index contributed by atoms with van der Waals surface area (Å²) in [5.41, 5.74) is 1.88. The molecule has 1 N–H and O–H groups in total. The molecule has 144 valence electrons. The predicted molar refractivity (Wildman–Crippen MR) is 112 cm³/mol. The highest BCUT2D eigenvalue weighted by Gasteiger charge is 2.19. The molecule has 0 aliphatic rings. The third-order valence-corrected chi connectivity index (χ3v) is 4.74. The molecule has 2 aromatic carbocycles. The van der Waals surface area contributed by atoms with Gasteiger partial charge in [0.25, 0.3) is 0 Å². The molecule has 0 aliphatic heterocycles. The van der Waals surface area contributed by atoms with Gasteiger partial charge in [-0.2, -0.15) is 0 Å². The van der Waals surface area contributed by atoms with Crippen molar-refractivity contribution in [2.45, 2.75) is 20.8 Å².